The number of aromatic amines is 1. The van der Waals surface area contributed by atoms with Crippen molar-refractivity contribution in [1.29, 1.82) is 0 Å². The van der Waals surface area contributed by atoms with Crippen LogP contribution in [0.2, 0.25) is 0 Å². The van der Waals surface area contributed by atoms with Crippen molar-refractivity contribution in [2.24, 2.45) is 0 Å². The number of rotatable bonds is 5. The molecule has 3 rings (SSSR count). The SMILES string of the molecule is COc1c(C)cnc(CC(O)c2nc3ccc(OC(F)(F)F)cc3[nH]2)c1C. The molecule has 0 bridgehead atoms. The molecule has 0 amide bonds. The lowest BCUT2D eigenvalue weighted by Gasteiger charge is -2.14. The minimum Gasteiger partial charge on any atom is -0.496 e. The topological polar surface area (TPSA) is 80.3 Å². The smallest absolute Gasteiger partial charge is 0.496 e. The summed E-state index contributed by atoms with van der Waals surface area (Å²) in [4.78, 5) is 11.4. The average molecular weight is 381 g/mol. The normalized spacial score (nSPS) is 13.0. The summed E-state index contributed by atoms with van der Waals surface area (Å²) < 4.78 is 46.3. The number of methoxy groups -OCH3 is 1. The van der Waals surface area contributed by atoms with E-state index in [-0.39, 0.29) is 18.0 Å². The monoisotopic (exact) mass is 381 g/mol. The van der Waals surface area contributed by atoms with Gasteiger partial charge in [0.25, 0.3) is 0 Å². The van der Waals surface area contributed by atoms with Gasteiger partial charge in [-0.25, -0.2) is 4.98 Å². The number of aliphatic hydroxyl groups excluding tert-OH is 1. The molecule has 9 heteroatoms. The summed E-state index contributed by atoms with van der Waals surface area (Å²) in [5.74, 6) is 0.570. The van der Waals surface area contributed by atoms with Crippen LogP contribution in [-0.4, -0.2) is 33.5 Å². The van der Waals surface area contributed by atoms with Gasteiger partial charge in [0.2, 0.25) is 0 Å². The molecule has 1 unspecified atom stereocenters. The molecule has 0 aliphatic heterocycles. The fourth-order valence-electron chi connectivity index (χ4n) is 2.92. The lowest BCUT2D eigenvalue weighted by atomic mass is 10.1. The quantitative estimate of drug-likeness (QED) is 0.704. The Morgan fingerprint density at radius 2 is 2.00 bits per heavy atom. The predicted molar refractivity (Wildman–Crippen MR) is 91.7 cm³/mol. The number of hydrogen-bond donors (Lipinski definition) is 2. The maximum Gasteiger partial charge on any atom is 0.573 e. The number of alkyl halides is 3. The van der Waals surface area contributed by atoms with Crippen LogP contribution >= 0.6 is 0 Å². The van der Waals surface area contributed by atoms with Crippen LogP contribution in [0.15, 0.2) is 24.4 Å². The van der Waals surface area contributed by atoms with Crippen LogP contribution in [-0.2, 0) is 6.42 Å². The van der Waals surface area contributed by atoms with E-state index in [0.29, 0.717) is 22.5 Å². The molecule has 0 fully saturated rings. The van der Waals surface area contributed by atoms with E-state index < -0.39 is 12.5 Å². The molecule has 27 heavy (non-hydrogen) atoms. The minimum atomic E-state index is -4.77. The van der Waals surface area contributed by atoms with E-state index in [1.165, 1.54) is 18.2 Å². The maximum absolute atomic E-state index is 12.3. The number of fused-ring (bicyclic) bond motifs is 1. The Morgan fingerprint density at radius 1 is 1.26 bits per heavy atom. The van der Waals surface area contributed by atoms with E-state index in [2.05, 4.69) is 19.7 Å². The van der Waals surface area contributed by atoms with E-state index in [1.807, 2.05) is 13.8 Å². The maximum atomic E-state index is 12.3. The van der Waals surface area contributed by atoms with Crippen LogP contribution < -0.4 is 9.47 Å². The number of aromatic nitrogens is 3. The number of halogens is 3. The summed E-state index contributed by atoms with van der Waals surface area (Å²) >= 11 is 0. The first kappa shape index (κ1) is 19.0. The highest BCUT2D eigenvalue weighted by Crippen LogP contribution is 2.29. The Hall–Kier alpha value is -2.81. The summed E-state index contributed by atoms with van der Waals surface area (Å²) in [6.07, 6.45) is -3.95. The lowest BCUT2D eigenvalue weighted by molar-refractivity contribution is -0.274. The van der Waals surface area contributed by atoms with Gasteiger partial charge in [0, 0.05) is 35.5 Å². The molecule has 6 nitrogen and oxygen atoms in total. The number of ether oxygens (including phenoxy) is 2. The number of hydrogen-bond acceptors (Lipinski definition) is 5. The van der Waals surface area contributed by atoms with Gasteiger partial charge in [-0.05, 0) is 26.0 Å². The highest BCUT2D eigenvalue weighted by atomic mass is 19.4. The van der Waals surface area contributed by atoms with Gasteiger partial charge in [-0.1, -0.05) is 0 Å². The van der Waals surface area contributed by atoms with Crippen molar-refractivity contribution in [3.05, 3.63) is 47.0 Å². The second kappa shape index (κ2) is 7.07. The third-order valence-corrected chi connectivity index (χ3v) is 4.16. The molecule has 0 radical (unpaired) electrons. The average Bonchev–Trinajstić information content (AvgIpc) is 3.00. The van der Waals surface area contributed by atoms with E-state index in [9.17, 15) is 18.3 Å². The van der Waals surface area contributed by atoms with Crippen molar-refractivity contribution >= 4 is 11.0 Å². The van der Waals surface area contributed by atoms with Crippen LogP contribution in [0.25, 0.3) is 11.0 Å². The first-order valence-corrected chi connectivity index (χ1v) is 8.10. The molecule has 2 heterocycles. The molecule has 1 atom stereocenters. The standard InChI is InChI=1S/C18H18F3N3O3/c1-9-8-22-13(10(2)16(9)26-3)7-15(25)17-23-12-5-4-11(6-14(12)24-17)27-18(19,20)21/h4-6,8,15,25H,7H2,1-3H3,(H,23,24). The first-order valence-electron chi connectivity index (χ1n) is 8.10. The Morgan fingerprint density at radius 3 is 2.67 bits per heavy atom. The molecular weight excluding hydrogens is 363 g/mol. The molecule has 0 aliphatic rings. The summed E-state index contributed by atoms with van der Waals surface area (Å²) in [6.45, 7) is 3.72. The fraction of sp³-hybridized carbons (Fsp3) is 0.333. The Kier molecular flexibility index (Phi) is 4.97. The third kappa shape index (κ3) is 4.13. The zero-order valence-corrected chi connectivity index (χ0v) is 14.9. The van der Waals surface area contributed by atoms with E-state index in [0.717, 1.165) is 11.1 Å². The second-order valence-corrected chi connectivity index (χ2v) is 6.11. The van der Waals surface area contributed by atoms with Gasteiger partial charge in [-0.15, -0.1) is 13.2 Å². The molecule has 3 aromatic rings. The first-order chi connectivity index (χ1) is 12.7. The minimum absolute atomic E-state index is 0.175. The number of pyridine rings is 1. The lowest BCUT2D eigenvalue weighted by Crippen LogP contribution is -2.16. The molecular formula is C18H18F3N3O3. The van der Waals surface area contributed by atoms with Gasteiger partial charge in [0.1, 0.15) is 23.4 Å². The Balaban J connectivity index is 1.85. The van der Waals surface area contributed by atoms with E-state index >= 15 is 0 Å². The van der Waals surface area contributed by atoms with Crippen LogP contribution in [0, 0.1) is 13.8 Å². The highest BCUT2D eigenvalue weighted by molar-refractivity contribution is 5.76. The van der Waals surface area contributed by atoms with Gasteiger partial charge >= 0.3 is 6.36 Å². The van der Waals surface area contributed by atoms with Crippen LogP contribution in [0.5, 0.6) is 11.5 Å². The summed E-state index contributed by atoms with van der Waals surface area (Å²) in [6, 6.07) is 3.75. The van der Waals surface area contributed by atoms with Crippen molar-refractivity contribution in [2.75, 3.05) is 7.11 Å². The van der Waals surface area contributed by atoms with Crippen molar-refractivity contribution in [3.63, 3.8) is 0 Å². The fourth-order valence-corrected chi connectivity index (χ4v) is 2.92. The number of nitrogens with zero attached hydrogens (tertiary/aromatic N) is 2. The van der Waals surface area contributed by atoms with Gasteiger partial charge in [-0.2, -0.15) is 0 Å². The molecule has 0 spiro atoms. The zero-order valence-electron chi connectivity index (χ0n) is 14.9. The van der Waals surface area contributed by atoms with Crippen LogP contribution in [0.1, 0.15) is 28.7 Å². The molecule has 144 valence electrons. The van der Waals surface area contributed by atoms with E-state index in [1.54, 1.807) is 13.3 Å². The van der Waals surface area contributed by atoms with Crippen LogP contribution in [0.4, 0.5) is 13.2 Å². The molecule has 0 saturated heterocycles. The zero-order chi connectivity index (χ0) is 19.8. The van der Waals surface area contributed by atoms with Crippen molar-refractivity contribution in [1.82, 2.24) is 15.0 Å². The Bertz CT molecular complexity index is 970. The van der Waals surface area contributed by atoms with Gasteiger partial charge < -0.3 is 19.6 Å². The summed E-state index contributed by atoms with van der Waals surface area (Å²) in [5.41, 5.74) is 3.09. The van der Waals surface area contributed by atoms with Gasteiger partial charge in [0.05, 0.1) is 18.1 Å². The molecule has 2 N–H and O–H groups in total. The second-order valence-electron chi connectivity index (χ2n) is 6.11. The highest BCUT2D eigenvalue weighted by Gasteiger charge is 2.31. The predicted octanol–water partition coefficient (Wildman–Crippen LogP) is 3.76. The molecule has 0 saturated carbocycles. The number of imidazole rings is 1. The number of benzene rings is 1. The van der Waals surface area contributed by atoms with Crippen molar-refractivity contribution in [3.8, 4) is 11.5 Å². The number of nitrogens with one attached hydrogen (secondary N) is 1. The van der Waals surface area contributed by atoms with Crippen molar-refractivity contribution in [2.45, 2.75) is 32.7 Å². The van der Waals surface area contributed by atoms with Gasteiger partial charge in [-0.3, -0.25) is 4.98 Å². The third-order valence-electron chi connectivity index (χ3n) is 4.16. The summed E-state index contributed by atoms with van der Waals surface area (Å²) in [5, 5.41) is 10.5. The van der Waals surface area contributed by atoms with Crippen molar-refractivity contribution < 1.29 is 27.8 Å². The number of H-pyrrole nitrogens is 1. The molecule has 2 aromatic heterocycles. The molecule has 0 aliphatic carbocycles. The van der Waals surface area contributed by atoms with E-state index in [4.69, 9.17) is 4.74 Å². The van der Waals surface area contributed by atoms with Gasteiger partial charge in [0.15, 0.2) is 0 Å². The largest absolute Gasteiger partial charge is 0.573 e. The van der Waals surface area contributed by atoms with Crippen LogP contribution in [0.3, 0.4) is 0 Å². The Labute approximate surface area is 153 Å². The summed E-state index contributed by atoms with van der Waals surface area (Å²) in [7, 11) is 1.56. The number of aliphatic hydroxyl groups is 1. The number of aryl methyl sites for hydroxylation is 1. The molecule has 1 aromatic carbocycles.